The van der Waals surface area contributed by atoms with Crippen LogP contribution in [0.15, 0.2) is 11.2 Å². The molecule has 0 fully saturated rings. The molecule has 1 rings (SSSR count). The zero-order valence-electron chi connectivity index (χ0n) is 9.36. The van der Waals surface area contributed by atoms with Crippen LogP contribution < -0.4 is 5.73 Å². The van der Waals surface area contributed by atoms with E-state index in [0.717, 1.165) is 0 Å². The second-order valence-corrected chi connectivity index (χ2v) is 3.73. The Morgan fingerprint density at radius 3 is 2.53 bits per heavy atom. The molecular weight excluding hydrogens is 237 g/mol. The first-order valence-electron chi connectivity index (χ1n) is 4.81. The second-order valence-electron chi connectivity index (χ2n) is 3.73. The largest absolute Gasteiger partial charge is 0.409 e. The van der Waals surface area contributed by atoms with Gasteiger partial charge in [-0.05, 0) is 19.9 Å². The fraction of sp³-hybridized carbons (Fsp3) is 0.556. The number of aryl methyl sites for hydroxylation is 2. The molecular formula is C9H13F3N4O. The molecule has 0 aliphatic heterocycles. The first-order chi connectivity index (χ1) is 7.75. The molecule has 0 aliphatic carbocycles. The van der Waals surface area contributed by atoms with Crippen LogP contribution >= 0.6 is 0 Å². The van der Waals surface area contributed by atoms with Gasteiger partial charge in [-0.1, -0.05) is 5.16 Å². The summed E-state index contributed by atoms with van der Waals surface area (Å²) in [5.74, 6) is -2.92. The summed E-state index contributed by atoms with van der Waals surface area (Å²) >= 11 is 0. The van der Waals surface area contributed by atoms with Gasteiger partial charge in [0.2, 0.25) is 0 Å². The molecule has 17 heavy (non-hydrogen) atoms. The van der Waals surface area contributed by atoms with Crippen LogP contribution in [0.25, 0.3) is 0 Å². The van der Waals surface area contributed by atoms with Crippen molar-refractivity contribution in [3.8, 4) is 0 Å². The molecule has 0 saturated heterocycles. The van der Waals surface area contributed by atoms with Gasteiger partial charge in [0.25, 0.3) is 0 Å². The standard InChI is InChI=1S/C9H13F3N4O/c1-5-3-6(2)16(14-5)4-7(8(13)15-17)9(10,11)12/h3,7,17H,4H2,1-2H3,(H2,13,15). The van der Waals surface area contributed by atoms with Gasteiger partial charge in [-0.3, -0.25) is 4.68 Å². The minimum absolute atomic E-state index is 0.501. The summed E-state index contributed by atoms with van der Waals surface area (Å²) < 4.78 is 39.2. The number of nitrogens with two attached hydrogens (primary N) is 1. The molecule has 0 amide bonds. The van der Waals surface area contributed by atoms with Gasteiger partial charge in [0.15, 0.2) is 5.84 Å². The molecule has 0 aliphatic rings. The van der Waals surface area contributed by atoms with Crippen molar-refractivity contribution in [2.75, 3.05) is 0 Å². The van der Waals surface area contributed by atoms with Crippen molar-refractivity contribution in [2.24, 2.45) is 16.8 Å². The van der Waals surface area contributed by atoms with Gasteiger partial charge in [-0.25, -0.2) is 0 Å². The Hall–Kier alpha value is -1.73. The Balaban J connectivity index is 2.99. The van der Waals surface area contributed by atoms with Crippen LogP contribution in [0.5, 0.6) is 0 Å². The van der Waals surface area contributed by atoms with Crippen molar-refractivity contribution in [3.63, 3.8) is 0 Å². The van der Waals surface area contributed by atoms with Gasteiger partial charge in [0.05, 0.1) is 12.2 Å². The third kappa shape index (κ3) is 3.11. The van der Waals surface area contributed by atoms with Crippen molar-refractivity contribution in [1.29, 1.82) is 0 Å². The maximum Gasteiger partial charge on any atom is 0.400 e. The minimum Gasteiger partial charge on any atom is -0.409 e. The smallest absolute Gasteiger partial charge is 0.400 e. The van der Waals surface area contributed by atoms with E-state index in [4.69, 9.17) is 10.9 Å². The Morgan fingerprint density at radius 2 is 2.18 bits per heavy atom. The number of oxime groups is 1. The second kappa shape index (κ2) is 4.64. The average molecular weight is 250 g/mol. The van der Waals surface area contributed by atoms with Gasteiger partial charge in [0.1, 0.15) is 5.92 Å². The molecule has 1 aromatic heterocycles. The molecule has 0 radical (unpaired) electrons. The quantitative estimate of drug-likeness (QED) is 0.368. The molecule has 0 bridgehead atoms. The van der Waals surface area contributed by atoms with Crippen molar-refractivity contribution in [1.82, 2.24) is 9.78 Å². The van der Waals surface area contributed by atoms with Crippen LogP contribution in [0.2, 0.25) is 0 Å². The van der Waals surface area contributed by atoms with Gasteiger partial charge in [-0.15, -0.1) is 0 Å². The SMILES string of the molecule is Cc1cc(C)n(CC(/C(N)=N/O)C(F)(F)F)n1. The number of alkyl halides is 3. The van der Waals surface area contributed by atoms with Crippen LogP contribution in [-0.4, -0.2) is 27.0 Å². The normalized spacial score (nSPS) is 15.0. The maximum absolute atomic E-state index is 12.7. The van der Waals surface area contributed by atoms with E-state index >= 15 is 0 Å². The number of hydrogen-bond donors (Lipinski definition) is 2. The van der Waals surface area contributed by atoms with E-state index in [2.05, 4.69) is 10.3 Å². The molecule has 1 unspecified atom stereocenters. The summed E-state index contributed by atoms with van der Waals surface area (Å²) in [6, 6.07) is 1.65. The Bertz CT molecular complexity index is 424. The van der Waals surface area contributed by atoms with Crippen molar-refractivity contribution >= 4 is 5.84 Å². The Morgan fingerprint density at radius 1 is 1.59 bits per heavy atom. The van der Waals surface area contributed by atoms with E-state index < -0.39 is 24.5 Å². The van der Waals surface area contributed by atoms with Crippen molar-refractivity contribution < 1.29 is 18.4 Å². The highest BCUT2D eigenvalue weighted by Crippen LogP contribution is 2.28. The molecule has 96 valence electrons. The van der Waals surface area contributed by atoms with Crippen LogP contribution in [0, 0.1) is 19.8 Å². The summed E-state index contributed by atoms with van der Waals surface area (Å²) in [5, 5.41) is 14.7. The fourth-order valence-electron chi connectivity index (χ4n) is 1.47. The lowest BCUT2D eigenvalue weighted by molar-refractivity contribution is -0.159. The van der Waals surface area contributed by atoms with Crippen molar-refractivity contribution in [2.45, 2.75) is 26.6 Å². The Labute approximate surface area is 95.7 Å². The number of rotatable bonds is 3. The monoisotopic (exact) mass is 250 g/mol. The van der Waals surface area contributed by atoms with Crippen LogP contribution in [0.4, 0.5) is 13.2 Å². The summed E-state index contributed by atoms with van der Waals surface area (Å²) in [4.78, 5) is 0. The van der Waals surface area contributed by atoms with Gasteiger partial charge in [-0.2, -0.15) is 18.3 Å². The van der Waals surface area contributed by atoms with Crippen molar-refractivity contribution in [3.05, 3.63) is 17.5 Å². The number of nitrogens with zero attached hydrogens (tertiary/aromatic N) is 3. The molecule has 5 nitrogen and oxygen atoms in total. The van der Waals surface area contributed by atoms with Crippen LogP contribution in [0.1, 0.15) is 11.4 Å². The molecule has 8 heteroatoms. The van der Waals surface area contributed by atoms with Gasteiger partial charge in [0, 0.05) is 5.69 Å². The first-order valence-corrected chi connectivity index (χ1v) is 4.81. The van der Waals surface area contributed by atoms with E-state index in [-0.39, 0.29) is 0 Å². The minimum atomic E-state index is -4.58. The lowest BCUT2D eigenvalue weighted by Gasteiger charge is -2.19. The molecule has 3 N–H and O–H groups in total. The van der Waals surface area contributed by atoms with Gasteiger partial charge < -0.3 is 10.9 Å². The summed E-state index contributed by atoms with van der Waals surface area (Å²) in [6.45, 7) is 2.81. The third-order valence-corrected chi connectivity index (χ3v) is 2.33. The molecule has 0 saturated carbocycles. The molecule has 0 aromatic carbocycles. The number of hydrogen-bond acceptors (Lipinski definition) is 3. The van der Waals surface area contributed by atoms with E-state index in [1.807, 2.05) is 0 Å². The molecule has 1 aromatic rings. The lowest BCUT2D eigenvalue weighted by atomic mass is 10.1. The highest BCUT2D eigenvalue weighted by molar-refractivity contribution is 5.82. The summed E-state index contributed by atoms with van der Waals surface area (Å²) in [5.41, 5.74) is 6.25. The predicted octanol–water partition coefficient (Wildman–Crippen LogP) is 1.42. The zero-order chi connectivity index (χ0) is 13.2. The Kier molecular flexibility index (Phi) is 3.64. The first kappa shape index (κ1) is 13.3. The fourth-order valence-corrected chi connectivity index (χ4v) is 1.47. The van der Waals surface area contributed by atoms with E-state index in [1.54, 1.807) is 19.9 Å². The van der Waals surface area contributed by atoms with E-state index in [0.29, 0.717) is 11.4 Å². The summed E-state index contributed by atoms with van der Waals surface area (Å²) in [7, 11) is 0. The van der Waals surface area contributed by atoms with E-state index in [9.17, 15) is 13.2 Å². The molecule has 0 spiro atoms. The maximum atomic E-state index is 12.7. The zero-order valence-corrected chi connectivity index (χ0v) is 9.36. The number of aromatic nitrogens is 2. The van der Waals surface area contributed by atoms with Crippen LogP contribution in [0.3, 0.4) is 0 Å². The summed E-state index contributed by atoms with van der Waals surface area (Å²) in [6.07, 6.45) is -4.58. The van der Waals surface area contributed by atoms with Gasteiger partial charge >= 0.3 is 6.18 Å². The number of amidine groups is 1. The average Bonchev–Trinajstić information content (AvgIpc) is 2.51. The molecule has 1 heterocycles. The van der Waals surface area contributed by atoms with E-state index in [1.165, 1.54) is 4.68 Å². The third-order valence-electron chi connectivity index (χ3n) is 2.33. The molecule has 1 atom stereocenters. The number of halogens is 3. The highest BCUT2D eigenvalue weighted by Gasteiger charge is 2.43. The highest BCUT2D eigenvalue weighted by atomic mass is 19.4. The van der Waals surface area contributed by atoms with Crippen LogP contribution in [-0.2, 0) is 6.54 Å². The topological polar surface area (TPSA) is 76.4 Å². The predicted molar refractivity (Wildman–Crippen MR) is 54.7 cm³/mol. The lowest BCUT2D eigenvalue weighted by Crippen LogP contribution is -2.39.